The van der Waals surface area contributed by atoms with E-state index in [1.54, 1.807) is 19.2 Å². The first-order chi connectivity index (χ1) is 9.25. The summed E-state index contributed by atoms with van der Waals surface area (Å²) in [4.78, 5) is 12.1. The predicted molar refractivity (Wildman–Crippen MR) is 71.1 cm³/mol. The second kappa shape index (κ2) is 4.91. The summed E-state index contributed by atoms with van der Waals surface area (Å²) in [6, 6.07) is 3.93. The number of furan rings is 1. The number of amides is 1. The highest BCUT2D eigenvalue weighted by molar-refractivity contribution is 6.04. The molecule has 0 saturated heterocycles. The lowest BCUT2D eigenvalue weighted by Crippen LogP contribution is -2.17. The minimum absolute atomic E-state index is 0.147. The van der Waals surface area contributed by atoms with E-state index in [1.807, 2.05) is 10.7 Å². The third-order valence-corrected chi connectivity index (χ3v) is 3.69. The van der Waals surface area contributed by atoms with Gasteiger partial charge in [-0.2, -0.15) is 5.10 Å². The molecule has 3 rings (SSSR count). The minimum atomic E-state index is -0.147. The first kappa shape index (κ1) is 12.0. The van der Waals surface area contributed by atoms with Crippen LogP contribution in [0.2, 0.25) is 0 Å². The van der Waals surface area contributed by atoms with E-state index in [4.69, 9.17) is 4.42 Å². The molecule has 1 N–H and O–H groups in total. The van der Waals surface area contributed by atoms with Gasteiger partial charge in [-0.15, -0.1) is 0 Å². The van der Waals surface area contributed by atoms with Crippen LogP contribution < -0.4 is 5.32 Å². The summed E-state index contributed by atoms with van der Waals surface area (Å²) < 4.78 is 7.08. The maximum Gasteiger partial charge on any atom is 0.260 e. The van der Waals surface area contributed by atoms with Crippen LogP contribution in [0.3, 0.4) is 0 Å². The lowest BCUT2D eigenvalue weighted by Gasteiger charge is -2.14. The van der Waals surface area contributed by atoms with E-state index in [0.717, 1.165) is 18.7 Å². The number of hydrogen-bond donors (Lipinski definition) is 1. The summed E-state index contributed by atoms with van der Waals surface area (Å²) in [7, 11) is 0. The Labute approximate surface area is 111 Å². The molecule has 5 nitrogen and oxygen atoms in total. The van der Waals surface area contributed by atoms with Crippen LogP contribution in [0.15, 0.2) is 29.0 Å². The first-order valence-corrected chi connectivity index (χ1v) is 6.64. The molecule has 19 heavy (non-hydrogen) atoms. The van der Waals surface area contributed by atoms with Crippen LogP contribution in [0, 0.1) is 6.92 Å². The summed E-state index contributed by atoms with van der Waals surface area (Å²) >= 11 is 0. The van der Waals surface area contributed by atoms with Crippen molar-refractivity contribution in [1.29, 1.82) is 0 Å². The third-order valence-electron chi connectivity index (χ3n) is 3.69. The van der Waals surface area contributed by atoms with Crippen LogP contribution in [0.4, 0.5) is 5.82 Å². The topological polar surface area (TPSA) is 60.1 Å². The van der Waals surface area contributed by atoms with E-state index in [2.05, 4.69) is 10.4 Å². The van der Waals surface area contributed by atoms with E-state index in [9.17, 15) is 4.79 Å². The number of nitrogens with zero attached hydrogens (tertiary/aromatic N) is 2. The summed E-state index contributed by atoms with van der Waals surface area (Å²) in [5, 5.41) is 7.25. The van der Waals surface area contributed by atoms with E-state index in [0.29, 0.717) is 17.4 Å². The maximum atomic E-state index is 12.1. The molecule has 0 bridgehead atoms. The van der Waals surface area contributed by atoms with Gasteiger partial charge in [0.25, 0.3) is 5.91 Å². The number of anilines is 1. The molecule has 2 aromatic heterocycles. The van der Waals surface area contributed by atoms with Crippen LogP contribution in [0.1, 0.15) is 47.8 Å². The average Bonchev–Trinajstić information content (AvgIpc) is 3.07. The minimum Gasteiger partial charge on any atom is -0.469 e. The Balaban J connectivity index is 1.78. The van der Waals surface area contributed by atoms with E-state index in [-0.39, 0.29) is 5.91 Å². The van der Waals surface area contributed by atoms with Gasteiger partial charge in [0, 0.05) is 6.07 Å². The summed E-state index contributed by atoms with van der Waals surface area (Å²) in [6.07, 6.45) is 8.00. The van der Waals surface area contributed by atoms with Gasteiger partial charge in [-0.25, -0.2) is 4.68 Å². The van der Waals surface area contributed by atoms with Gasteiger partial charge in [-0.05, 0) is 25.8 Å². The van der Waals surface area contributed by atoms with Gasteiger partial charge in [0.2, 0.25) is 0 Å². The van der Waals surface area contributed by atoms with Gasteiger partial charge in [-0.1, -0.05) is 12.8 Å². The molecular weight excluding hydrogens is 242 g/mol. The lowest BCUT2D eigenvalue weighted by atomic mass is 10.2. The van der Waals surface area contributed by atoms with Crippen LogP contribution >= 0.6 is 0 Å². The number of hydrogen-bond acceptors (Lipinski definition) is 3. The van der Waals surface area contributed by atoms with Crippen molar-refractivity contribution in [1.82, 2.24) is 9.78 Å². The molecule has 1 aliphatic carbocycles. The zero-order valence-corrected chi connectivity index (χ0v) is 10.9. The predicted octanol–water partition coefficient (Wildman–Crippen LogP) is 3.15. The Morgan fingerprint density at radius 1 is 1.42 bits per heavy atom. The summed E-state index contributed by atoms with van der Waals surface area (Å²) in [6.45, 7) is 1.78. The van der Waals surface area contributed by atoms with Crippen LogP contribution in [0.25, 0.3) is 0 Å². The zero-order valence-electron chi connectivity index (χ0n) is 10.9. The molecule has 0 unspecified atom stereocenters. The smallest absolute Gasteiger partial charge is 0.260 e. The fraction of sp³-hybridized carbons (Fsp3) is 0.429. The van der Waals surface area contributed by atoms with Crippen LogP contribution in [0.5, 0.6) is 0 Å². The lowest BCUT2D eigenvalue weighted by molar-refractivity contribution is 0.102. The Morgan fingerprint density at radius 2 is 2.21 bits per heavy atom. The van der Waals surface area contributed by atoms with Gasteiger partial charge in [0.05, 0.1) is 24.1 Å². The molecular formula is C14H17N3O2. The Kier molecular flexibility index (Phi) is 3.11. The van der Waals surface area contributed by atoms with E-state index in [1.165, 1.54) is 19.1 Å². The highest BCUT2D eigenvalue weighted by Gasteiger charge is 2.21. The van der Waals surface area contributed by atoms with Crippen molar-refractivity contribution < 1.29 is 9.21 Å². The fourth-order valence-corrected chi connectivity index (χ4v) is 2.66. The van der Waals surface area contributed by atoms with Crippen molar-refractivity contribution in [2.75, 3.05) is 5.32 Å². The molecule has 2 heterocycles. The van der Waals surface area contributed by atoms with E-state index < -0.39 is 0 Å². The highest BCUT2D eigenvalue weighted by Crippen LogP contribution is 2.31. The molecule has 1 amide bonds. The van der Waals surface area contributed by atoms with Crippen molar-refractivity contribution >= 4 is 11.7 Å². The Bertz CT molecular complexity index is 579. The number of aromatic nitrogens is 2. The van der Waals surface area contributed by atoms with Crippen molar-refractivity contribution in [3.8, 4) is 0 Å². The monoisotopic (exact) mass is 259 g/mol. The first-order valence-electron chi connectivity index (χ1n) is 6.64. The summed E-state index contributed by atoms with van der Waals surface area (Å²) in [5.74, 6) is 1.24. The molecule has 0 aliphatic heterocycles. The van der Waals surface area contributed by atoms with Gasteiger partial charge in [0.1, 0.15) is 11.6 Å². The van der Waals surface area contributed by atoms with Gasteiger partial charge < -0.3 is 9.73 Å². The SMILES string of the molecule is Cc1occc1C(=O)Nc1ccnn1C1CCCC1. The third kappa shape index (κ3) is 2.28. The summed E-state index contributed by atoms with van der Waals surface area (Å²) in [5.41, 5.74) is 0.569. The molecule has 0 radical (unpaired) electrons. The number of nitrogens with one attached hydrogen (secondary N) is 1. The fourth-order valence-electron chi connectivity index (χ4n) is 2.66. The molecule has 1 aliphatic rings. The van der Waals surface area contributed by atoms with Crippen molar-refractivity contribution in [3.63, 3.8) is 0 Å². The molecule has 100 valence electrons. The van der Waals surface area contributed by atoms with Crippen molar-refractivity contribution in [2.24, 2.45) is 0 Å². The quantitative estimate of drug-likeness (QED) is 0.921. The van der Waals surface area contributed by atoms with E-state index >= 15 is 0 Å². The molecule has 0 spiro atoms. The highest BCUT2D eigenvalue weighted by atomic mass is 16.3. The van der Waals surface area contributed by atoms with Gasteiger partial charge >= 0.3 is 0 Å². The Hall–Kier alpha value is -2.04. The van der Waals surface area contributed by atoms with Crippen molar-refractivity contribution in [2.45, 2.75) is 38.6 Å². The maximum absolute atomic E-state index is 12.1. The number of aryl methyl sites for hydroxylation is 1. The van der Waals surface area contributed by atoms with Crippen molar-refractivity contribution in [3.05, 3.63) is 35.9 Å². The molecule has 5 heteroatoms. The molecule has 1 saturated carbocycles. The molecule has 2 aromatic rings. The van der Waals surface area contributed by atoms with Gasteiger partial charge in [0.15, 0.2) is 0 Å². The van der Waals surface area contributed by atoms with Crippen LogP contribution in [-0.4, -0.2) is 15.7 Å². The number of rotatable bonds is 3. The Morgan fingerprint density at radius 3 is 2.89 bits per heavy atom. The number of carbonyl (C=O) groups is 1. The second-order valence-electron chi connectivity index (χ2n) is 4.94. The average molecular weight is 259 g/mol. The number of carbonyl (C=O) groups excluding carboxylic acids is 1. The molecule has 1 fully saturated rings. The zero-order chi connectivity index (χ0) is 13.2. The molecule has 0 aromatic carbocycles. The normalized spacial score (nSPS) is 15.8. The largest absolute Gasteiger partial charge is 0.469 e. The second-order valence-corrected chi connectivity index (χ2v) is 4.94. The van der Waals surface area contributed by atoms with Crippen LogP contribution in [-0.2, 0) is 0 Å². The standard InChI is InChI=1S/C14H17N3O2/c1-10-12(7-9-19-10)14(18)16-13-6-8-15-17(13)11-4-2-3-5-11/h6-9,11H,2-5H2,1H3,(H,16,18). The molecule has 0 atom stereocenters. The van der Waals surface area contributed by atoms with Gasteiger partial charge in [-0.3, -0.25) is 4.79 Å².